The second-order valence-electron chi connectivity index (χ2n) is 5.84. The molecule has 0 amide bonds. The van der Waals surface area contributed by atoms with Crippen molar-refractivity contribution < 1.29 is 5.11 Å². The van der Waals surface area contributed by atoms with Crippen molar-refractivity contribution in [3.8, 4) is 0 Å². The SMILES string of the molecule is CNC(C)(CO)CCCN(C)c1cc(C)cc(C)c1. The molecular weight excluding hydrogens is 236 g/mol. The zero-order valence-corrected chi connectivity index (χ0v) is 13.0. The molecule has 1 atom stereocenters. The summed E-state index contributed by atoms with van der Waals surface area (Å²) in [5, 5.41) is 12.6. The third-order valence-electron chi connectivity index (χ3n) is 3.82. The Bertz CT molecular complexity index is 379. The fourth-order valence-corrected chi connectivity index (χ4v) is 2.29. The lowest BCUT2D eigenvalue weighted by Crippen LogP contribution is -2.43. The largest absolute Gasteiger partial charge is 0.394 e. The van der Waals surface area contributed by atoms with Gasteiger partial charge in [0.05, 0.1) is 6.61 Å². The van der Waals surface area contributed by atoms with Crippen LogP contribution in [-0.4, -0.2) is 37.9 Å². The van der Waals surface area contributed by atoms with E-state index in [0.29, 0.717) is 0 Å². The van der Waals surface area contributed by atoms with Crippen molar-refractivity contribution in [2.75, 3.05) is 32.1 Å². The maximum absolute atomic E-state index is 9.36. The number of nitrogens with one attached hydrogen (secondary N) is 1. The van der Waals surface area contributed by atoms with Crippen LogP contribution in [0.5, 0.6) is 0 Å². The summed E-state index contributed by atoms with van der Waals surface area (Å²) in [6.07, 6.45) is 2.02. The lowest BCUT2D eigenvalue weighted by molar-refractivity contribution is 0.172. The van der Waals surface area contributed by atoms with Crippen LogP contribution in [0.4, 0.5) is 5.69 Å². The Morgan fingerprint density at radius 2 is 1.79 bits per heavy atom. The van der Waals surface area contributed by atoms with Crippen molar-refractivity contribution in [1.29, 1.82) is 0 Å². The van der Waals surface area contributed by atoms with Gasteiger partial charge < -0.3 is 15.3 Å². The van der Waals surface area contributed by atoms with Gasteiger partial charge in [0, 0.05) is 24.8 Å². The van der Waals surface area contributed by atoms with Crippen molar-refractivity contribution in [1.82, 2.24) is 5.32 Å². The number of likely N-dealkylation sites (N-methyl/N-ethyl adjacent to an activating group) is 1. The van der Waals surface area contributed by atoms with Gasteiger partial charge in [-0.15, -0.1) is 0 Å². The van der Waals surface area contributed by atoms with E-state index in [0.717, 1.165) is 19.4 Å². The van der Waals surface area contributed by atoms with E-state index in [9.17, 15) is 5.11 Å². The van der Waals surface area contributed by atoms with Gasteiger partial charge in [-0.1, -0.05) is 6.07 Å². The van der Waals surface area contributed by atoms with Gasteiger partial charge >= 0.3 is 0 Å². The molecule has 1 aromatic rings. The molecule has 3 heteroatoms. The second-order valence-corrected chi connectivity index (χ2v) is 5.84. The fraction of sp³-hybridized carbons (Fsp3) is 0.625. The molecule has 19 heavy (non-hydrogen) atoms. The zero-order valence-electron chi connectivity index (χ0n) is 13.0. The summed E-state index contributed by atoms with van der Waals surface area (Å²) >= 11 is 0. The predicted octanol–water partition coefficient (Wildman–Crippen LogP) is 2.49. The molecule has 1 rings (SSSR count). The van der Waals surface area contributed by atoms with Crippen LogP contribution >= 0.6 is 0 Å². The number of aryl methyl sites for hydroxylation is 2. The molecule has 0 saturated carbocycles. The van der Waals surface area contributed by atoms with Crippen LogP contribution in [0.1, 0.15) is 30.9 Å². The molecule has 0 radical (unpaired) electrons. The molecule has 0 heterocycles. The number of aliphatic hydroxyl groups is 1. The minimum Gasteiger partial charge on any atom is -0.394 e. The van der Waals surface area contributed by atoms with Gasteiger partial charge in [-0.05, 0) is 63.9 Å². The van der Waals surface area contributed by atoms with Gasteiger partial charge in [0.1, 0.15) is 0 Å². The van der Waals surface area contributed by atoms with Crippen LogP contribution in [0, 0.1) is 13.8 Å². The highest BCUT2D eigenvalue weighted by atomic mass is 16.3. The van der Waals surface area contributed by atoms with E-state index in [1.54, 1.807) is 0 Å². The molecule has 0 aliphatic heterocycles. The number of rotatable bonds is 7. The quantitative estimate of drug-likeness (QED) is 0.794. The van der Waals surface area contributed by atoms with E-state index in [2.05, 4.69) is 56.2 Å². The molecule has 0 saturated heterocycles. The van der Waals surface area contributed by atoms with Crippen LogP contribution in [0.3, 0.4) is 0 Å². The van der Waals surface area contributed by atoms with Crippen LogP contribution in [0.25, 0.3) is 0 Å². The maximum atomic E-state index is 9.36. The average Bonchev–Trinajstić information content (AvgIpc) is 2.37. The third-order valence-corrected chi connectivity index (χ3v) is 3.82. The molecule has 0 aliphatic carbocycles. The fourth-order valence-electron chi connectivity index (χ4n) is 2.29. The van der Waals surface area contributed by atoms with Crippen molar-refractivity contribution >= 4 is 5.69 Å². The number of aliphatic hydroxyl groups excluding tert-OH is 1. The Balaban J connectivity index is 2.53. The molecule has 3 nitrogen and oxygen atoms in total. The lowest BCUT2D eigenvalue weighted by atomic mass is 9.97. The van der Waals surface area contributed by atoms with Crippen molar-refractivity contribution in [2.45, 2.75) is 39.2 Å². The number of hydrogen-bond donors (Lipinski definition) is 2. The first-order valence-electron chi connectivity index (χ1n) is 6.99. The van der Waals surface area contributed by atoms with Gasteiger partial charge in [-0.3, -0.25) is 0 Å². The molecule has 2 N–H and O–H groups in total. The van der Waals surface area contributed by atoms with Crippen LogP contribution in [-0.2, 0) is 0 Å². The molecule has 0 aromatic heterocycles. The van der Waals surface area contributed by atoms with Crippen molar-refractivity contribution in [2.24, 2.45) is 0 Å². The molecule has 1 aromatic carbocycles. The summed E-state index contributed by atoms with van der Waals surface area (Å²) in [7, 11) is 4.04. The number of anilines is 1. The van der Waals surface area contributed by atoms with E-state index in [1.165, 1.54) is 16.8 Å². The van der Waals surface area contributed by atoms with Crippen molar-refractivity contribution in [3.05, 3.63) is 29.3 Å². The minimum atomic E-state index is -0.163. The van der Waals surface area contributed by atoms with Gasteiger partial charge in [-0.25, -0.2) is 0 Å². The van der Waals surface area contributed by atoms with Gasteiger partial charge in [0.25, 0.3) is 0 Å². The zero-order chi connectivity index (χ0) is 14.5. The van der Waals surface area contributed by atoms with Crippen LogP contribution in [0.2, 0.25) is 0 Å². The monoisotopic (exact) mass is 264 g/mol. The summed E-state index contributed by atoms with van der Waals surface area (Å²) in [5.41, 5.74) is 3.71. The van der Waals surface area contributed by atoms with E-state index >= 15 is 0 Å². The summed E-state index contributed by atoms with van der Waals surface area (Å²) in [4.78, 5) is 2.29. The normalized spacial score (nSPS) is 14.2. The second kappa shape index (κ2) is 6.92. The highest BCUT2D eigenvalue weighted by molar-refractivity contribution is 5.50. The Morgan fingerprint density at radius 3 is 2.26 bits per heavy atom. The third kappa shape index (κ3) is 4.84. The maximum Gasteiger partial charge on any atom is 0.0610 e. The molecular formula is C16H28N2O. The number of hydrogen-bond acceptors (Lipinski definition) is 3. The minimum absolute atomic E-state index is 0.163. The first-order chi connectivity index (χ1) is 8.90. The topological polar surface area (TPSA) is 35.5 Å². The van der Waals surface area contributed by atoms with E-state index in [1.807, 2.05) is 7.05 Å². The molecule has 0 spiro atoms. The summed E-state index contributed by atoms with van der Waals surface area (Å²) in [6.45, 7) is 7.50. The van der Waals surface area contributed by atoms with Gasteiger partial charge in [0.15, 0.2) is 0 Å². The highest BCUT2D eigenvalue weighted by Crippen LogP contribution is 2.19. The summed E-state index contributed by atoms with van der Waals surface area (Å²) in [5.74, 6) is 0. The van der Waals surface area contributed by atoms with E-state index in [-0.39, 0.29) is 12.1 Å². The Morgan fingerprint density at radius 1 is 1.21 bits per heavy atom. The number of nitrogens with zero attached hydrogens (tertiary/aromatic N) is 1. The van der Waals surface area contributed by atoms with Crippen LogP contribution < -0.4 is 10.2 Å². The Kier molecular flexibility index (Phi) is 5.83. The molecule has 0 bridgehead atoms. The molecule has 0 aliphatic rings. The van der Waals surface area contributed by atoms with Gasteiger partial charge in [0.2, 0.25) is 0 Å². The van der Waals surface area contributed by atoms with Crippen molar-refractivity contribution in [3.63, 3.8) is 0 Å². The Hall–Kier alpha value is -1.06. The summed E-state index contributed by atoms with van der Waals surface area (Å²) < 4.78 is 0. The molecule has 1 unspecified atom stereocenters. The first-order valence-corrected chi connectivity index (χ1v) is 6.99. The Labute approximate surface area is 117 Å². The average molecular weight is 264 g/mol. The van der Waals surface area contributed by atoms with Crippen LogP contribution in [0.15, 0.2) is 18.2 Å². The number of benzene rings is 1. The highest BCUT2D eigenvalue weighted by Gasteiger charge is 2.20. The summed E-state index contributed by atoms with van der Waals surface area (Å²) in [6, 6.07) is 6.63. The van der Waals surface area contributed by atoms with Gasteiger partial charge in [-0.2, -0.15) is 0 Å². The standard InChI is InChI=1S/C16H28N2O/c1-13-9-14(2)11-15(10-13)18(5)8-6-7-16(3,12-19)17-4/h9-11,17,19H,6-8,12H2,1-5H3. The van der Waals surface area contributed by atoms with E-state index in [4.69, 9.17) is 0 Å². The predicted molar refractivity (Wildman–Crippen MR) is 83.0 cm³/mol. The van der Waals surface area contributed by atoms with E-state index < -0.39 is 0 Å². The first kappa shape index (κ1) is 16.0. The molecule has 0 fully saturated rings. The smallest absolute Gasteiger partial charge is 0.0610 e. The lowest BCUT2D eigenvalue weighted by Gasteiger charge is -2.28. The molecule has 108 valence electrons.